The Morgan fingerprint density at radius 3 is 2.39 bits per heavy atom. The van der Waals surface area contributed by atoms with Gasteiger partial charge in [0.1, 0.15) is 5.75 Å². The number of halogens is 1. The van der Waals surface area contributed by atoms with Gasteiger partial charge in [-0.05, 0) is 50.6 Å². The zero-order valence-electron chi connectivity index (χ0n) is 14.5. The van der Waals surface area contributed by atoms with E-state index < -0.39 is 0 Å². The van der Waals surface area contributed by atoms with Crippen LogP contribution in [0.3, 0.4) is 0 Å². The molecule has 0 aromatic heterocycles. The summed E-state index contributed by atoms with van der Waals surface area (Å²) in [6, 6.07) is 8.65. The van der Waals surface area contributed by atoms with E-state index in [0.29, 0.717) is 6.04 Å². The van der Waals surface area contributed by atoms with Crippen LogP contribution in [-0.4, -0.2) is 51.7 Å². The number of rotatable bonds is 7. The summed E-state index contributed by atoms with van der Waals surface area (Å²) >= 11 is 0. The molecule has 6 heteroatoms. The van der Waals surface area contributed by atoms with Crippen LogP contribution in [0.2, 0.25) is 0 Å². The maximum absolute atomic E-state index is 5.17. The summed E-state index contributed by atoms with van der Waals surface area (Å²) in [6.07, 6.45) is 2.70. The molecule has 1 atom stereocenters. The minimum atomic E-state index is 0. The summed E-state index contributed by atoms with van der Waals surface area (Å²) in [6.45, 7) is 1.68. The summed E-state index contributed by atoms with van der Waals surface area (Å²) in [4.78, 5) is 6.61. The van der Waals surface area contributed by atoms with Crippen molar-refractivity contribution in [3.05, 3.63) is 29.8 Å². The van der Waals surface area contributed by atoms with Crippen LogP contribution in [0.15, 0.2) is 29.3 Å². The third-order valence-corrected chi connectivity index (χ3v) is 4.15. The first kappa shape index (κ1) is 20.0. The Kier molecular flexibility index (Phi) is 8.68. The van der Waals surface area contributed by atoms with Crippen molar-refractivity contribution in [2.24, 2.45) is 10.9 Å². The maximum Gasteiger partial charge on any atom is 0.191 e. The Morgan fingerprint density at radius 1 is 1.26 bits per heavy atom. The van der Waals surface area contributed by atoms with Crippen molar-refractivity contribution < 1.29 is 4.74 Å². The van der Waals surface area contributed by atoms with Crippen LogP contribution in [0, 0.1) is 5.92 Å². The maximum atomic E-state index is 5.17. The molecule has 23 heavy (non-hydrogen) atoms. The number of methoxy groups -OCH3 is 1. The monoisotopic (exact) mass is 432 g/mol. The van der Waals surface area contributed by atoms with E-state index in [9.17, 15) is 0 Å². The summed E-state index contributed by atoms with van der Waals surface area (Å²) in [5.41, 5.74) is 1.20. The topological polar surface area (TPSA) is 48.9 Å². The highest BCUT2D eigenvalue weighted by atomic mass is 127. The van der Waals surface area contributed by atoms with Crippen LogP contribution < -0.4 is 15.4 Å². The van der Waals surface area contributed by atoms with Gasteiger partial charge < -0.3 is 20.3 Å². The number of likely N-dealkylation sites (N-methyl/N-ethyl adjacent to an activating group) is 1. The Hall–Kier alpha value is -1.02. The van der Waals surface area contributed by atoms with Gasteiger partial charge in [0.05, 0.1) is 7.11 Å². The third kappa shape index (κ3) is 6.55. The lowest BCUT2D eigenvalue weighted by molar-refractivity contribution is 0.264. The predicted octanol–water partition coefficient (Wildman–Crippen LogP) is 2.32. The number of ether oxygens (including phenoxy) is 1. The number of hydrogen-bond acceptors (Lipinski definition) is 3. The van der Waals surface area contributed by atoms with Crippen molar-refractivity contribution in [3.63, 3.8) is 0 Å². The van der Waals surface area contributed by atoms with E-state index in [1.807, 2.05) is 19.2 Å². The molecule has 0 heterocycles. The highest BCUT2D eigenvalue weighted by Crippen LogP contribution is 2.34. The van der Waals surface area contributed by atoms with Crippen LogP contribution in [0.4, 0.5) is 0 Å². The lowest BCUT2D eigenvalue weighted by atomic mass is 10.1. The largest absolute Gasteiger partial charge is 0.497 e. The fourth-order valence-electron chi connectivity index (χ4n) is 2.60. The highest BCUT2D eigenvalue weighted by molar-refractivity contribution is 14.0. The fraction of sp³-hybridized carbons (Fsp3) is 0.588. The van der Waals surface area contributed by atoms with Gasteiger partial charge in [0.15, 0.2) is 5.96 Å². The molecule has 1 saturated carbocycles. The molecular formula is C17H29IN4O. The number of hydrogen-bond donors (Lipinski definition) is 2. The first-order chi connectivity index (χ1) is 10.6. The second kappa shape index (κ2) is 9.97. The molecule has 1 fully saturated rings. The van der Waals surface area contributed by atoms with Crippen LogP contribution in [0.25, 0.3) is 0 Å². The molecule has 0 aliphatic heterocycles. The van der Waals surface area contributed by atoms with Gasteiger partial charge >= 0.3 is 0 Å². The standard InChI is InChI=1S/C17H28N4O.HI/c1-18-17(20-12-16(21(2)3)14-7-8-14)19-11-13-5-9-15(22-4)10-6-13;/h5-6,9-10,14,16H,7-8,11-12H2,1-4H3,(H2,18,19,20);1H. The molecule has 0 bridgehead atoms. The van der Waals surface area contributed by atoms with E-state index >= 15 is 0 Å². The number of aliphatic imine (C=N–C) groups is 1. The third-order valence-electron chi connectivity index (χ3n) is 4.15. The second-order valence-corrected chi connectivity index (χ2v) is 6.02. The zero-order chi connectivity index (χ0) is 15.9. The van der Waals surface area contributed by atoms with Crippen LogP contribution in [0.1, 0.15) is 18.4 Å². The molecule has 1 aliphatic rings. The lowest BCUT2D eigenvalue weighted by Gasteiger charge is -2.25. The Labute approximate surface area is 156 Å². The van der Waals surface area contributed by atoms with Crippen LogP contribution >= 0.6 is 24.0 Å². The molecule has 0 amide bonds. The van der Waals surface area contributed by atoms with Crippen molar-refractivity contribution in [1.29, 1.82) is 0 Å². The SMILES string of the molecule is CN=C(NCc1ccc(OC)cc1)NCC(C1CC1)N(C)C.I. The van der Waals surface area contributed by atoms with Gasteiger partial charge in [-0.15, -0.1) is 24.0 Å². The molecule has 1 aromatic rings. The Balaban J connectivity index is 0.00000264. The van der Waals surface area contributed by atoms with Crippen molar-refractivity contribution in [2.75, 3.05) is 34.8 Å². The molecule has 0 radical (unpaired) electrons. The van der Waals surface area contributed by atoms with E-state index in [1.54, 1.807) is 7.11 Å². The average molecular weight is 432 g/mol. The van der Waals surface area contributed by atoms with Gasteiger partial charge in [-0.1, -0.05) is 12.1 Å². The second-order valence-electron chi connectivity index (χ2n) is 6.02. The van der Waals surface area contributed by atoms with Gasteiger partial charge in [0.25, 0.3) is 0 Å². The minimum absolute atomic E-state index is 0. The number of benzene rings is 1. The van der Waals surface area contributed by atoms with Crippen LogP contribution in [-0.2, 0) is 6.54 Å². The van der Waals surface area contributed by atoms with Gasteiger partial charge in [-0.25, -0.2) is 0 Å². The molecule has 5 nitrogen and oxygen atoms in total. The van der Waals surface area contributed by atoms with Crippen molar-refractivity contribution in [3.8, 4) is 5.75 Å². The van der Waals surface area contributed by atoms with Gasteiger partial charge in [-0.2, -0.15) is 0 Å². The Morgan fingerprint density at radius 2 is 1.91 bits per heavy atom. The molecule has 1 aromatic carbocycles. The van der Waals surface area contributed by atoms with E-state index in [1.165, 1.54) is 18.4 Å². The fourth-order valence-corrected chi connectivity index (χ4v) is 2.60. The summed E-state index contributed by atoms with van der Waals surface area (Å²) in [5, 5.41) is 6.79. The van der Waals surface area contributed by atoms with E-state index in [0.717, 1.165) is 30.7 Å². The number of nitrogens with one attached hydrogen (secondary N) is 2. The number of nitrogens with zero attached hydrogens (tertiary/aromatic N) is 2. The molecule has 130 valence electrons. The zero-order valence-corrected chi connectivity index (χ0v) is 16.8. The lowest BCUT2D eigenvalue weighted by Crippen LogP contribution is -2.45. The van der Waals surface area contributed by atoms with Crippen LogP contribution in [0.5, 0.6) is 5.75 Å². The van der Waals surface area contributed by atoms with E-state index in [4.69, 9.17) is 4.74 Å². The van der Waals surface area contributed by atoms with Crippen molar-refractivity contribution in [2.45, 2.75) is 25.4 Å². The van der Waals surface area contributed by atoms with Gasteiger partial charge in [-0.3, -0.25) is 4.99 Å². The summed E-state index contributed by atoms with van der Waals surface area (Å²) in [7, 11) is 7.79. The Bertz CT molecular complexity index is 484. The smallest absolute Gasteiger partial charge is 0.191 e. The molecule has 0 spiro atoms. The minimum Gasteiger partial charge on any atom is -0.497 e. The van der Waals surface area contributed by atoms with Gasteiger partial charge in [0, 0.05) is 26.2 Å². The average Bonchev–Trinajstić information content (AvgIpc) is 3.35. The molecule has 2 rings (SSSR count). The van der Waals surface area contributed by atoms with E-state index in [2.05, 4.69) is 46.8 Å². The molecular weight excluding hydrogens is 403 g/mol. The predicted molar refractivity (Wildman–Crippen MR) is 107 cm³/mol. The first-order valence-electron chi connectivity index (χ1n) is 7.88. The molecule has 2 N–H and O–H groups in total. The molecule has 1 unspecified atom stereocenters. The quantitative estimate of drug-likeness (QED) is 0.395. The first-order valence-corrected chi connectivity index (χ1v) is 7.88. The highest BCUT2D eigenvalue weighted by Gasteiger charge is 2.32. The number of guanidine groups is 1. The molecule has 0 saturated heterocycles. The summed E-state index contributed by atoms with van der Waals surface area (Å²) < 4.78 is 5.17. The van der Waals surface area contributed by atoms with Crippen molar-refractivity contribution in [1.82, 2.24) is 15.5 Å². The van der Waals surface area contributed by atoms with Gasteiger partial charge in [0.2, 0.25) is 0 Å². The van der Waals surface area contributed by atoms with E-state index in [-0.39, 0.29) is 24.0 Å². The normalized spacial score (nSPS) is 15.8. The van der Waals surface area contributed by atoms with Crippen molar-refractivity contribution >= 4 is 29.9 Å². The summed E-state index contributed by atoms with van der Waals surface area (Å²) in [5.74, 6) is 2.56. The molecule has 1 aliphatic carbocycles.